The Hall–Kier alpha value is -6.07. The Morgan fingerprint density at radius 2 is 1.38 bits per heavy atom. The van der Waals surface area contributed by atoms with Crippen LogP contribution in [0.2, 0.25) is 0 Å². The van der Waals surface area contributed by atoms with Crippen LogP contribution in [0.4, 0.5) is 17.3 Å². The molecule has 4 aliphatic rings. The summed E-state index contributed by atoms with van der Waals surface area (Å²) in [7, 11) is 0. The van der Waals surface area contributed by atoms with Gasteiger partial charge < -0.3 is 4.42 Å². The van der Waals surface area contributed by atoms with Crippen LogP contribution in [-0.2, 0) is 5.41 Å². The summed E-state index contributed by atoms with van der Waals surface area (Å²) in [6, 6.07) is -13.9. The second-order valence-corrected chi connectivity index (χ2v) is 12.3. The molecule has 2 bridgehead atoms. The maximum absolute atomic E-state index is 10.1. The standard InChI is InChI=1S/C45H32N4O/c1-3-11-28(12-4-1)31-21-22-37-36(27-31)45-25-23-29(24-26-45)32-16-10-19-38(40(32)45)49(37)44-47-42(30-13-5-2-6-14-30)46-43(48-44)35-18-9-17-34-33-15-7-8-20-39(33)50-41(34)35/h1-22,27,29H,23-26H2/i1D,2D,3D,4D,5D,6D,7D,8D,9D,10D,11D,12D,13D,14D,15D,17D,18D,19D,20D,21D,22D,27D. The molecule has 50 heavy (non-hydrogen) atoms. The Morgan fingerprint density at radius 3 is 2.22 bits per heavy atom. The maximum atomic E-state index is 10.1. The number of para-hydroxylation sites is 2. The fourth-order valence-corrected chi connectivity index (χ4v) is 7.75. The number of nitrogens with zero attached hydrogens (tertiary/aromatic N) is 4. The van der Waals surface area contributed by atoms with Gasteiger partial charge in [-0.2, -0.15) is 9.97 Å². The minimum Gasteiger partial charge on any atom is -0.455 e. The Balaban J connectivity index is 1.34. The smallest absolute Gasteiger partial charge is 0.238 e. The fourth-order valence-electron chi connectivity index (χ4n) is 7.75. The van der Waals surface area contributed by atoms with E-state index in [-0.39, 0.29) is 39.7 Å². The quantitative estimate of drug-likeness (QED) is 0.187. The number of hydrogen-bond acceptors (Lipinski definition) is 5. The Kier molecular flexibility index (Phi) is 2.94. The van der Waals surface area contributed by atoms with E-state index in [1.807, 2.05) is 0 Å². The molecule has 6 aromatic carbocycles. The van der Waals surface area contributed by atoms with E-state index >= 15 is 0 Å². The molecule has 5 heteroatoms. The minimum absolute atomic E-state index is 0.0249. The molecule has 12 rings (SSSR count). The molecule has 1 aliphatic heterocycles. The van der Waals surface area contributed by atoms with Crippen LogP contribution >= 0.6 is 0 Å². The van der Waals surface area contributed by atoms with E-state index in [9.17, 15) is 6.85 Å². The van der Waals surface area contributed by atoms with Crippen LogP contribution in [0.5, 0.6) is 0 Å². The van der Waals surface area contributed by atoms with Gasteiger partial charge in [-0.25, -0.2) is 4.98 Å². The zero-order chi connectivity index (χ0) is 52.0. The molecule has 0 atom stereocenters. The Morgan fingerprint density at radius 1 is 0.640 bits per heavy atom. The van der Waals surface area contributed by atoms with Crippen molar-refractivity contribution in [2.24, 2.45) is 0 Å². The summed E-state index contributed by atoms with van der Waals surface area (Å²) < 4.78 is 202. The average molecular weight is 667 g/mol. The molecule has 5 nitrogen and oxygen atoms in total. The second-order valence-electron chi connectivity index (χ2n) is 12.3. The highest BCUT2D eigenvalue weighted by molar-refractivity contribution is 6.09. The predicted octanol–water partition coefficient (Wildman–Crippen LogP) is 11.5. The molecular weight excluding hydrogens is 613 g/mol. The summed E-state index contributed by atoms with van der Waals surface area (Å²) in [6.07, 6.45) is 1.65. The topological polar surface area (TPSA) is 55.1 Å². The van der Waals surface area contributed by atoms with Gasteiger partial charge in [0.05, 0.1) is 47.1 Å². The van der Waals surface area contributed by atoms with Gasteiger partial charge in [0.15, 0.2) is 11.6 Å². The molecule has 0 N–H and O–H groups in total. The second kappa shape index (κ2) is 10.5. The first kappa shape index (κ1) is 14.0. The van der Waals surface area contributed by atoms with Gasteiger partial charge in [-0.3, -0.25) is 4.90 Å². The Bertz CT molecular complexity index is 3830. The van der Waals surface area contributed by atoms with Crippen LogP contribution in [0.3, 0.4) is 0 Å². The van der Waals surface area contributed by atoms with Crippen LogP contribution in [-0.4, -0.2) is 15.0 Å². The third kappa shape index (κ3) is 3.92. The van der Waals surface area contributed by atoms with Crippen LogP contribution in [0.15, 0.2) is 143 Å². The van der Waals surface area contributed by atoms with E-state index in [0.29, 0.717) is 36.8 Å². The number of fused-ring (bicyclic) bond motifs is 6. The molecule has 2 aromatic heterocycles. The zero-order valence-electron chi connectivity index (χ0n) is 47.7. The monoisotopic (exact) mass is 666 g/mol. The molecule has 0 unspecified atom stereocenters. The van der Waals surface area contributed by atoms with E-state index in [1.54, 1.807) is 0 Å². The molecule has 0 radical (unpaired) electrons. The minimum atomic E-state index is -1.25. The van der Waals surface area contributed by atoms with E-state index in [4.69, 9.17) is 32.7 Å². The van der Waals surface area contributed by atoms with E-state index in [0.717, 1.165) is 4.90 Å². The number of anilines is 3. The van der Waals surface area contributed by atoms with Crippen LogP contribution in [0, 0.1) is 0 Å². The van der Waals surface area contributed by atoms with Crippen molar-refractivity contribution in [3.8, 4) is 33.9 Å². The lowest BCUT2D eigenvalue weighted by molar-refractivity contribution is 0.278. The van der Waals surface area contributed by atoms with Crippen molar-refractivity contribution in [3.05, 3.63) is 156 Å². The lowest BCUT2D eigenvalue weighted by Gasteiger charge is -2.54. The van der Waals surface area contributed by atoms with Crippen molar-refractivity contribution in [2.75, 3.05) is 4.90 Å². The molecule has 1 fully saturated rings. The molecule has 3 aliphatic carbocycles. The molecule has 0 amide bonds. The highest BCUT2D eigenvalue weighted by atomic mass is 16.3. The van der Waals surface area contributed by atoms with Gasteiger partial charge in [-0.15, -0.1) is 0 Å². The molecule has 8 aromatic rings. The average Bonchev–Trinajstić information content (AvgIpc) is 3.76. The van der Waals surface area contributed by atoms with Gasteiger partial charge in [-0.05, 0) is 89.6 Å². The predicted molar refractivity (Wildman–Crippen MR) is 200 cm³/mol. The SMILES string of the molecule is [2H]c1cc2c3c(c1[2H])N(c1nc(-c4c([2H])c([2H])c([2H])c([2H])c4[2H])nc(-c4c([2H])c([2H])c([2H])c5c4oc4c([2H])c([2H])c([2H])c([2H])c45)n1)c1c([2H])c([2H])c(-c4c([2H])c([2H])c([2H])c([2H])c4[2H])c([2H])c1C31CCC2CC1. The lowest BCUT2D eigenvalue weighted by Crippen LogP contribution is -2.43. The van der Waals surface area contributed by atoms with Crippen LogP contribution < -0.4 is 4.90 Å². The van der Waals surface area contributed by atoms with Gasteiger partial charge >= 0.3 is 0 Å². The van der Waals surface area contributed by atoms with Crippen molar-refractivity contribution < 1.29 is 34.6 Å². The van der Waals surface area contributed by atoms with Gasteiger partial charge in [0.1, 0.15) is 11.2 Å². The molecule has 3 heterocycles. The van der Waals surface area contributed by atoms with Crippen molar-refractivity contribution in [1.29, 1.82) is 0 Å². The summed E-state index contributed by atoms with van der Waals surface area (Å²) in [4.78, 5) is 15.1. The summed E-state index contributed by atoms with van der Waals surface area (Å²) in [5, 5.41) is -0.671. The van der Waals surface area contributed by atoms with Crippen molar-refractivity contribution in [3.63, 3.8) is 0 Å². The number of aromatic nitrogens is 3. The van der Waals surface area contributed by atoms with Gasteiger partial charge in [0, 0.05) is 21.8 Å². The summed E-state index contributed by atoms with van der Waals surface area (Å²) in [5.41, 5.74) is -3.68. The first-order chi connectivity index (χ1) is 33.9. The number of furan rings is 1. The van der Waals surface area contributed by atoms with E-state index in [2.05, 4.69) is 9.97 Å². The third-order valence-corrected chi connectivity index (χ3v) is 9.88. The fraction of sp³-hybridized carbons (Fsp3) is 0.133. The normalized spacial score (nSPS) is 24.9. The summed E-state index contributed by atoms with van der Waals surface area (Å²) in [6.45, 7) is 0. The molecule has 238 valence electrons. The van der Waals surface area contributed by atoms with Crippen molar-refractivity contribution in [2.45, 2.75) is 37.0 Å². The van der Waals surface area contributed by atoms with Crippen molar-refractivity contribution >= 4 is 39.3 Å². The number of rotatable bonds is 4. The molecule has 1 saturated carbocycles. The van der Waals surface area contributed by atoms with Gasteiger partial charge in [-0.1, -0.05) is 109 Å². The van der Waals surface area contributed by atoms with Gasteiger partial charge in [0.25, 0.3) is 0 Å². The van der Waals surface area contributed by atoms with Crippen LogP contribution in [0.25, 0.3) is 55.8 Å². The molecular formula is C45H32N4O. The number of hydrogen-bond donors (Lipinski definition) is 0. The third-order valence-electron chi connectivity index (χ3n) is 9.88. The van der Waals surface area contributed by atoms with Crippen LogP contribution in [0.1, 0.15) is 78.4 Å². The highest BCUT2D eigenvalue weighted by Gasteiger charge is 2.52. The summed E-state index contributed by atoms with van der Waals surface area (Å²) >= 11 is 0. The zero-order valence-corrected chi connectivity index (χ0v) is 25.7. The summed E-state index contributed by atoms with van der Waals surface area (Å²) in [5.74, 6) is -2.16. The van der Waals surface area contributed by atoms with Crippen molar-refractivity contribution in [1.82, 2.24) is 15.0 Å². The highest BCUT2D eigenvalue weighted by Crippen LogP contribution is 2.64. The van der Waals surface area contributed by atoms with E-state index < -0.39 is 183 Å². The maximum Gasteiger partial charge on any atom is 0.238 e. The number of benzene rings is 6. The first-order valence-electron chi connectivity index (χ1n) is 26.8. The molecule has 0 saturated heterocycles. The van der Waals surface area contributed by atoms with Gasteiger partial charge in [0.2, 0.25) is 5.95 Å². The molecule has 1 spiro atoms. The van der Waals surface area contributed by atoms with E-state index in [1.165, 1.54) is 6.07 Å². The largest absolute Gasteiger partial charge is 0.455 e. The first-order valence-corrected chi connectivity index (χ1v) is 15.8. The Labute approximate surface area is 320 Å². The lowest BCUT2D eigenvalue weighted by atomic mass is 9.53.